The fraction of sp³-hybridized carbons (Fsp3) is 0.538. The number of piperidine rings is 1. The lowest BCUT2D eigenvalue weighted by molar-refractivity contribution is -0.0620. The summed E-state index contributed by atoms with van der Waals surface area (Å²) >= 11 is 0. The van der Waals surface area contributed by atoms with Crippen LogP contribution >= 0.6 is 0 Å². The number of hydrazone groups is 1. The van der Waals surface area contributed by atoms with Crippen LogP contribution in [0.25, 0.3) is 0 Å². The van der Waals surface area contributed by atoms with Crippen LogP contribution in [0.5, 0.6) is 11.6 Å². The summed E-state index contributed by atoms with van der Waals surface area (Å²) in [5.74, 6) is 0.634. The summed E-state index contributed by atoms with van der Waals surface area (Å²) in [7, 11) is 1.60. The first-order valence-corrected chi connectivity index (χ1v) is 12.3. The van der Waals surface area contributed by atoms with Crippen molar-refractivity contribution < 1.29 is 22.6 Å². The zero-order chi connectivity index (χ0) is 25.6. The Labute approximate surface area is 205 Å². The highest BCUT2D eigenvalue weighted by Crippen LogP contribution is 2.36. The molecule has 1 aromatic carbocycles. The summed E-state index contributed by atoms with van der Waals surface area (Å²) in [5.41, 5.74) is 1.00. The molecule has 0 amide bonds. The number of halogens is 3. The maximum atomic E-state index is 13.3. The minimum atomic E-state index is -4.42. The van der Waals surface area contributed by atoms with Gasteiger partial charge in [-0.3, -0.25) is 5.01 Å². The molecule has 35 heavy (non-hydrogen) atoms. The summed E-state index contributed by atoms with van der Waals surface area (Å²) in [5, 5.41) is 5.42. The van der Waals surface area contributed by atoms with Crippen LogP contribution in [-0.2, 0) is 0 Å². The molecule has 0 N–H and O–H groups in total. The zero-order valence-corrected chi connectivity index (χ0v) is 21.0. The van der Waals surface area contributed by atoms with Gasteiger partial charge in [0.1, 0.15) is 17.6 Å². The van der Waals surface area contributed by atoms with E-state index in [0.717, 1.165) is 31.6 Å². The van der Waals surface area contributed by atoms with Crippen molar-refractivity contribution in [2.75, 3.05) is 30.1 Å². The van der Waals surface area contributed by atoms with Crippen LogP contribution in [0.2, 0.25) is 0 Å². The Balaban J connectivity index is 0.00000167. The molecule has 3 heterocycles. The molecule has 6 nitrogen and oxygen atoms in total. The number of benzene rings is 1. The SMILES string of the molecule is CC.CC[C@H]1C(C)C(C(F)(F)F)=NN1c1ccc(OC2CCN(c3ccnc(OC)c3)CC2)cc1. The van der Waals surface area contributed by atoms with E-state index in [2.05, 4.69) is 15.0 Å². The monoisotopic (exact) mass is 492 g/mol. The minimum absolute atomic E-state index is 0.0842. The van der Waals surface area contributed by atoms with Gasteiger partial charge in [-0.25, -0.2) is 4.98 Å². The molecule has 1 fully saturated rings. The van der Waals surface area contributed by atoms with E-state index in [-0.39, 0.29) is 12.1 Å². The Kier molecular flexibility index (Phi) is 8.86. The zero-order valence-electron chi connectivity index (χ0n) is 21.0. The van der Waals surface area contributed by atoms with Gasteiger partial charge in [0.25, 0.3) is 0 Å². The Morgan fingerprint density at radius 2 is 1.69 bits per heavy atom. The van der Waals surface area contributed by atoms with Crippen LogP contribution in [0, 0.1) is 5.92 Å². The van der Waals surface area contributed by atoms with E-state index >= 15 is 0 Å². The molecule has 0 bridgehead atoms. The topological polar surface area (TPSA) is 50.2 Å². The predicted molar refractivity (Wildman–Crippen MR) is 134 cm³/mol. The van der Waals surface area contributed by atoms with Crippen molar-refractivity contribution >= 4 is 17.1 Å². The number of alkyl halides is 3. The number of rotatable bonds is 6. The fourth-order valence-electron chi connectivity index (χ4n) is 4.57. The number of ether oxygens (including phenoxy) is 2. The summed E-state index contributed by atoms with van der Waals surface area (Å²) in [4.78, 5) is 6.43. The van der Waals surface area contributed by atoms with E-state index in [1.165, 1.54) is 5.01 Å². The molecule has 0 saturated carbocycles. The summed E-state index contributed by atoms with van der Waals surface area (Å²) in [6.45, 7) is 9.19. The molecule has 1 aromatic heterocycles. The first-order chi connectivity index (χ1) is 16.8. The lowest BCUT2D eigenvalue weighted by Crippen LogP contribution is -2.38. The lowest BCUT2D eigenvalue weighted by atomic mass is 9.95. The Morgan fingerprint density at radius 3 is 2.26 bits per heavy atom. The van der Waals surface area contributed by atoms with Crippen molar-refractivity contribution in [2.24, 2.45) is 11.0 Å². The fourth-order valence-corrected chi connectivity index (χ4v) is 4.57. The molecule has 9 heteroatoms. The van der Waals surface area contributed by atoms with Crippen molar-refractivity contribution in [1.82, 2.24) is 4.98 Å². The highest BCUT2D eigenvalue weighted by atomic mass is 19.4. The average Bonchev–Trinajstić information content (AvgIpc) is 3.23. The van der Waals surface area contributed by atoms with E-state index < -0.39 is 17.8 Å². The van der Waals surface area contributed by atoms with Crippen molar-refractivity contribution in [2.45, 2.75) is 65.3 Å². The second-order valence-electron chi connectivity index (χ2n) is 8.45. The molecule has 1 unspecified atom stereocenters. The largest absolute Gasteiger partial charge is 0.490 e. The molecular formula is C26H35F3N4O2. The van der Waals surface area contributed by atoms with Gasteiger partial charge in [0.05, 0.1) is 18.8 Å². The molecule has 0 spiro atoms. The minimum Gasteiger partial charge on any atom is -0.490 e. The second kappa shape index (κ2) is 11.6. The third-order valence-electron chi connectivity index (χ3n) is 6.39. The first-order valence-electron chi connectivity index (χ1n) is 12.3. The second-order valence-corrected chi connectivity index (χ2v) is 8.45. The van der Waals surface area contributed by atoms with Gasteiger partial charge in [0.2, 0.25) is 5.88 Å². The van der Waals surface area contributed by atoms with Crippen molar-refractivity contribution in [3.63, 3.8) is 0 Å². The van der Waals surface area contributed by atoms with E-state index in [0.29, 0.717) is 23.7 Å². The molecule has 4 rings (SSSR count). The van der Waals surface area contributed by atoms with Crippen LogP contribution in [0.1, 0.15) is 47.0 Å². The van der Waals surface area contributed by atoms with Crippen molar-refractivity contribution in [1.29, 1.82) is 0 Å². The van der Waals surface area contributed by atoms with Gasteiger partial charge in [0.15, 0.2) is 0 Å². The maximum absolute atomic E-state index is 13.3. The van der Waals surface area contributed by atoms with Crippen molar-refractivity contribution in [3.05, 3.63) is 42.6 Å². The van der Waals surface area contributed by atoms with Gasteiger partial charge in [0, 0.05) is 49.8 Å². The summed E-state index contributed by atoms with van der Waals surface area (Å²) < 4.78 is 51.3. The number of pyridine rings is 1. The molecule has 2 aromatic rings. The van der Waals surface area contributed by atoms with E-state index in [1.807, 2.05) is 45.0 Å². The normalized spacial score (nSPS) is 20.7. The van der Waals surface area contributed by atoms with E-state index in [1.54, 1.807) is 32.4 Å². The summed E-state index contributed by atoms with van der Waals surface area (Å²) in [6.07, 6.45) is -0.281. The Morgan fingerprint density at radius 1 is 1.03 bits per heavy atom. The number of methoxy groups -OCH3 is 1. The highest BCUT2D eigenvalue weighted by Gasteiger charge is 2.47. The molecule has 0 aliphatic carbocycles. The summed E-state index contributed by atoms with van der Waals surface area (Å²) in [6, 6.07) is 10.8. The molecule has 0 radical (unpaired) electrons. The third kappa shape index (κ3) is 6.18. The Bertz CT molecular complexity index is 973. The van der Waals surface area contributed by atoms with E-state index in [9.17, 15) is 13.2 Å². The van der Waals surface area contributed by atoms with Crippen LogP contribution in [0.3, 0.4) is 0 Å². The lowest BCUT2D eigenvalue weighted by Gasteiger charge is -2.33. The highest BCUT2D eigenvalue weighted by molar-refractivity contribution is 5.95. The van der Waals surface area contributed by atoms with Crippen LogP contribution in [0.15, 0.2) is 47.7 Å². The van der Waals surface area contributed by atoms with Gasteiger partial charge in [-0.15, -0.1) is 0 Å². The number of hydrogen-bond acceptors (Lipinski definition) is 6. The van der Waals surface area contributed by atoms with Crippen LogP contribution in [0.4, 0.5) is 24.5 Å². The number of anilines is 2. The molecule has 2 atom stereocenters. The quantitative estimate of drug-likeness (QED) is 0.473. The van der Waals surface area contributed by atoms with Gasteiger partial charge >= 0.3 is 6.18 Å². The molecule has 2 aliphatic rings. The maximum Gasteiger partial charge on any atom is 0.431 e. The van der Waals surface area contributed by atoms with Gasteiger partial charge in [-0.1, -0.05) is 27.7 Å². The standard InChI is InChI=1S/C24H29F3N4O2.C2H6/c1-4-21-16(2)23(24(25,26)27)29-31(21)17-5-7-19(8-6-17)33-20-10-13-30(14-11-20)18-9-12-28-22(15-18)32-3;1-2/h5-9,12,15-16,20-21H,4,10-11,13-14H2,1-3H3;1-2H3/t16?,21-;/m0./s1. The first kappa shape index (κ1) is 26.6. The number of hydrogen-bond donors (Lipinski definition) is 0. The van der Waals surface area contributed by atoms with Gasteiger partial charge in [-0.05, 0) is 36.8 Å². The average molecular weight is 493 g/mol. The Hall–Kier alpha value is -2.97. The smallest absolute Gasteiger partial charge is 0.431 e. The number of nitrogens with zero attached hydrogens (tertiary/aromatic N) is 4. The molecule has 2 aliphatic heterocycles. The molecular weight excluding hydrogens is 457 g/mol. The van der Waals surface area contributed by atoms with Gasteiger partial charge in [-0.2, -0.15) is 18.3 Å². The third-order valence-corrected chi connectivity index (χ3v) is 6.39. The molecule has 192 valence electrons. The van der Waals surface area contributed by atoms with Crippen LogP contribution < -0.4 is 19.4 Å². The van der Waals surface area contributed by atoms with Crippen molar-refractivity contribution in [3.8, 4) is 11.6 Å². The van der Waals surface area contributed by atoms with E-state index in [4.69, 9.17) is 9.47 Å². The van der Waals surface area contributed by atoms with Gasteiger partial charge < -0.3 is 14.4 Å². The van der Waals surface area contributed by atoms with Crippen LogP contribution in [-0.4, -0.2) is 49.2 Å². The number of aromatic nitrogens is 1. The predicted octanol–water partition coefficient (Wildman–Crippen LogP) is 6.32. The molecule has 1 saturated heterocycles.